The Hall–Kier alpha value is -2.89. The molecule has 1 atom stereocenters. The summed E-state index contributed by atoms with van der Waals surface area (Å²) >= 11 is 1.13. The van der Waals surface area contributed by atoms with Crippen molar-refractivity contribution in [1.29, 1.82) is 0 Å². The maximum absolute atomic E-state index is 12.2. The molecule has 0 saturated carbocycles. The number of hydrogen-bond acceptors (Lipinski definition) is 7. The number of rotatable bonds is 6. The first-order chi connectivity index (χ1) is 13.7. The molecule has 2 aromatic rings. The predicted octanol–water partition coefficient (Wildman–Crippen LogP) is 1.59. The molecule has 0 bridgehead atoms. The zero-order valence-corrected chi connectivity index (χ0v) is 16.9. The van der Waals surface area contributed by atoms with Gasteiger partial charge in [-0.1, -0.05) is 11.8 Å². The van der Waals surface area contributed by atoms with Crippen LogP contribution in [0.4, 0.5) is 11.4 Å². The molecule has 4 N–H and O–H groups in total. The Balaban J connectivity index is 1.60. The molecule has 0 aliphatic carbocycles. The van der Waals surface area contributed by atoms with Gasteiger partial charge in [-0.2, -0.15) is 0 Å². The van der Waals surface area contributed by atoms with Gasteiger partial charge >= 0.3 is 0 Å². The molecule has 1 heterocycles. The number of aliphatic imine (C=N–C) groups is 1. The van der Waals surface area contributed by atoms with Crippen LogP contribution in [0.15, 0.2) is 58.4 Å². The molecule has 0 spiro atoms. The SMILES string of the molecule is COc1ccc(NC(=O)C[C@@H]2SC(=Nc3ccc(S(N)(=O)=O)cc3)NC2=O)cc1. The Morgan fingerprint density at radius 1 is 1.21 bits per heavy atom. The summed E-state index contributed by atoms with van der Waals surface area (Å²) in [7, 11) is -2.23. The van der Waals surface area contributed by atoms with E-state index in [0.717, 1.165) is 11.8 Å². The van der Waals surface area contributed by atoms with E-state index in [2.05, 4.69) is 15.6 Å². The summed E-state index contributed by atoms with van der Waals surface area (Å²) in [6, 6.07) is 12.5. The van der Waals surface area contributed by atoms with Crippen LogP contribution in [-0.2, 0) is 19.6 Å². The van der Waals surface area contributed by atoms with Gasteiger partial charge in [-0.05, 0) is 48.5 Å². The Labute approximate surface area is 171 Å². The first kappa shape index (κ1) is 20.8. The van der Waals surface area contributed by atoms with Crippen molar-refractivity contribution in [3.05, 3.63) is 48.5 Å². The highest BCUT2D eigenvalue weighted by Gasteiger charge is 2.32. The van der Waals surface area contributed by atoms with E-state index in [1.54, 1.807) is 31.4 Å². The zero-order chi connectivity index (χ0) is 21.0. The number of sulfonamides is 1. The third-order valence-corrected chi connectivity index (χ3v) is 5.93. The van der Waals surface area contributed by atoms with Gasteiger partial charge in [0.05, 0.1) is 17.7 Å². The Kier molecular flexibility index (Phi) is 6.20. The van der Waals surface area contributed by atoms with Crippen LogP contribution in [-0.4, -0.2) is 37.8 Å². The van der Waals surface area contributed by atoms with Crippen molar-refractivity contribution in [2.75, 3.05) is 12.4 Å². The van der Waals surface area contributed by atoms with Gasteiger partial charge < -0.3 is 15.4 Å². The number of hydrogen-bond donors (Lipinski definition) is 3. The Morgan fingerprint density at radius 3 is 2.45 bits per heavy atom. The molecule has 152 valence electrons. The van der Waals surface area contributed by atoms with Crippen LogP contribution in [0.25, 0.3) is 0 Å². The van der Waals surface area contributed by atoms with Crippen LogP contribution in [0.5, 0.6) is 5.75 Å². The molecule has 0 aromatic heterocycles. The first-order valence-corrected chi connectivity index (χ1v) is 10.8. The van der Waals surface area contributed by atoms with Gasteiger partial charge in [0.1, 0.15) is 11.0 Å². The molecule has 29 heavy (non-hydrogen) atoms. The lowest BCUT2D eigenvalue weighted by atomic mass is 10.2. The molecule has 1 saturated heterocycles. The van der Waals surface area contributed by atoms with Crippen molar-refractivity contribution in [2.24, 2.45) is 10.1 Å². The Morgan fingerprint density at radius 2 is 1.86 bits per heavy atom. The highest BCUT2D eigenvalue weighted by Crippen LogP contribution is 2.26. The largest absolute Gasteiger partial charge is 0.497 e. The van der Waals surface area contributed by atoms with E-state index in [1.807, 2.05) is 0 Å². The monoisotopic (exact) mass is 434 g/mol. The molecule has 2 aromatic carbocycles. The van der Waals surface area contributed by atoms with Crippen molar-refractivity contribution in [2.45, 2.75) is 16.6 Å². The van der Waals surface area contributed by atoms with Gasteiger partial charge in [0.15, 0.2) is 5.17 Å². The van der Waals surface area contributed by atoms with Crippen LogP contribution in [0.3, 0.4) is 0 Å². The maximum atomic E-state index is 12.2. The molecule has 2 amide bonds. The molecule has 9 nitrogen and oxygen atoms in total. The molecular formula is C18H18N4O5S2. The molecular weight excluding hydrogens is 416 g/mol. The number of thioether (sulfide) groups is 1. The lowest BCUT2D eigenvalue weighted by Gasteiger charge is -2.08. The number of primary sulfonamides is 1. The fourth-order valence-electron chi connectivity index (χ4n) is 2.47. The van der Waals surface area contributed by atoms with Crippen molar-refractivity contribution in [3.8, 4) is 5.75 Å². The number of amides is 2. The fraction of sp³-hybridized carbons (Fsp3) is 0.167. The van der Waals surface area contributed by atoms with Crippen molar-refractivity contribution in [1.82, 2.24) is 5.32 Å². The van der Waals surface area contributed by atoms with Gasteiger partial charge in [-0.15, -0.1) is 0 Å². The number of benzene rings is 2. The number of anilines is 1. The number of carbonyl (C=O) groups is 2. The van der Waals surface area contributed by atoms with Crippen LogP contribution >= 0.6 is 11.8 Å². The number of nitrogens with one attached hydrogen (secondary N) is 2. The van der Waals surface area contributed by atoms with E-state index in [0.29, 0.717) is 22.3 Å². The highest BCUT2D eigenvalue weighted by molar-refractivity contribution is 8.15. The second-order valence-corrected chi connectivity index (χ2v) is 8.79. The lowest BCUT2D eigenvalue weighted by Crippen LogP contribution is -2.28. The summed E-state index contributed by atoms with van der Waals surface area (Å²) in [4.78, 5) is 28.6. The van der Waals surface area contributed by atoms with Gasteiger partial charge in [-0.3, -0.25) is 9.59 Å². The third-order valence-electron chi connectivity index (χ3n) is 3.92. The van der Waals surface area contributed by atoms with E-state index >= 15 is 0 Å². The minimum atomic E-state index is -3.78. The van der Waals surface area contributed by atoms with E-state index in [4.69, 9.17) is 9.88 Å². The molecule has 3 rings (SSSR count). The lowest BCUT2D eigenvalue weighted by molar-refractivity contribution is -0.122. The first-order valence-electron chi connectivity index (χ1n) is 8.37. The van der Waals surface area contributed by atoms with Crippen molar-refractivity contribution < 1.29 is 22.7 Å². The summed E-state index contributed by atoms with van der Waals surface area (Å²) in [6.07, 6.45) is -0.0219. The van der Waals surface area contributed by atoms with Crippen LogP contribution in [0, 0.1) is 0 Å². The number of methoxy groups -OCH3 is 1. The molecule has 1 fully saturated rings. The molecule has 1 aliphatic heterocycles. The number of amidine groups is 1. The standard InChI is InChI=1S/C18H18N4O5S2/c1-27-13-6-2-11(3-7-13)20-16(23)10-15-17(24)22-18(28-15)21-12-4-8-14(9-5-12)29(19,25)26/h2-9,15H,10H2,1H3,(H,20,23)(H2,19,25,26)(H,21,22,24)/t15-/m0/s1. The van der Waals surface area contributed by atoms with Crippen LogP contribution in [0.1, 0.15) is 6.42 Å². The quantitative estimate of drug-likeness (QED) is 0.631. The molecule has 0 unspecified atom stereocenters. The zero-order valence-electron chi connectivity index (χ0n) is 15.3. The van der Waals surface area contributed by atoms with Crippen molar-refractivity contribution >= 4 is 50.1 Å². The molecule has 1 aliphatic rings. The fourth-order valence-corrected chi connectivity index (χ4v) is 3.98. The minimum absolute atomic E-state index is 0.0219. The van der Waals surface area contributed by atoms with Crippen LogP contribution < -0.4 is 20.5 Å². The smallest absolute Gasteiger partial charge is 0.240 e. The summed E-state index contributed by atoms with van der Waals surface area (Å²) in [5.41, 5.74) is 1.05. The minimum Gasteiger partial charge on any atom is -0.497 e. The van der Waals surface area contributed by atoms with Gasteiger partial charge in [0, 0.05) is 12.1 Å². The summed E-state index contributed by atoms with van der Waals surface area (Å²) in [5, 5.41) is 10.1. The second kappa shape index (κ2) is 8.64. The number of ether oxygens (including phenoxy) is 1. The van der Waals surface area contributed by atoms with Gasteiger partial charge in [-0.25, -0.2) is 18.5 Å². The topological polar surface area (TPSA) is 140 Å². The molecule has 0 radical (unpaired) electrons. The van der Waals surface area contributed by atoms with E-state index < -0.39 is 15.3 Å². The summed E-state index contributed by atoms with van der Waals surface area (Å²) in [5.74, 6) is 0.0491. The van der Waals surface area contributed by atoms with Crippen molar-refractivity contribution in [3.63, 3.8) is 0 Å². The van der Waals surface area contributed by atoms with Gasteiger partial charge in [0.25, 0.3) is 0 Å². The average molecular weight is 434 g/mol. The maximum Gasteiger partial charge on any atom is 0.240 e. The van der Waals surface area contributed by atoms with E-state index in [1.165, 1.54) is 24.3 Å². The van der Waals surface area contributed by atoms with E-state index in [-0.39, 0.29) is 23.1 Å². The van der Waals surface area contributed by atoms with Crippen LogP contribution in [0.2, 0.25) is 0 Å². The average Bonchev–Trinajstić information content (AvgIpc) is 3.00. The Bertz CT molecular complexity index is 1050. The number of carbonyl (C=O) groups excluding carboxylic acids is 2. The normalized spacial score (nSPS) is 17.8. The second-order valence-electron chi connectivity index (χ2n) is 6.03. The van der Waals surface area contributed by atoms with Gasteiger partial charge in [0.2, 0.25) is 21.8 Å². The van der Waals surface area contributed by atoms with E-state index in [9.17, 15) is 18.0 Å². The molecule has 11 heteroatoms. The summed E-state index contributed by atoms with van der Waals surface area (Å²) in [6.45, 7) is 0. The third kappa shape index (κ3) is 5.56. The summed E-state index contributed by atoms with van der Waals surface area (Å²) < 4.78 is 27.6. The highest BCUT2D eigenvalue weighted by atomic mass is 32.2. The number of nitrogens with zero attached hydrogens (tertiary/aromatic N) is 1. The number of nitrogens with two attached hydrogens (primary N) is 1. The predicted molar refractivity (Wildman–Crippen MR) is 111 cm³/mol.